The van der Waals surface area contributed by atoms with Crippen LogP contribution in [0.15, 0.2) is 40.5 Å². The van der Waals surface area contributed by atoms with Crippen LogP contribution < -0.4 is 5.73 Å². The summed E-state index contributed by atoms with van der Waals surface area (Å²) in [6.45, 7) is 1.89. The minimum Gasteiger partial charge on any atom is -0.458 e. The van der Waals surface area contributed by atoms with E-state index in [1.807, 2.05) is 24.3 Å². The minimum atomic E-state index is -0.421. The largest absolute Gasteiger partial charge is 0.458 e. The maximum Gasteiger partial charge on any atom is 0.332 e. The fraction of sp³-hybridized carbons (Fsp3) is 0.182. The van der Waals surface area contributed by atoms with Gasteiger partial charge in [-0.25, -0.2) is 4.79 Å². The maximum atomic E-state index is 11.1. The van der Waals surface area contributed by atoms with Crippen molar-refractivity contribution < 1.29 is 9.53 Å². The summed E-state index contributed by atoms with van der Waals surface area (Å²) < 4.78 is 5.94. The molecule has 0 unspecified atom stereocenters. The van der Waals surface area contributed by atoms with E-state index < -0.39 is 5.97 Å². The van der Waals surface area contributed by atoms with Crippen LogP contribution in [0.25, 0.3) is 0 Å². The van der Waals surface area contributed by atoms with Gasteiger partial charge >= 0.3 is 5.97 Å². The van der Waals surface area contributed by atoms with E-state index in [9.17, 15) is 4.79 Å². The monoisotopic (exact) mass is 269 g/mol. The zero-order valence-corrected chi connectivity index (χ0v) is 9.95. The number of hydrogen-bond acceptors (Lipinski definition) is 3. The summed E-state index contributed by atoms with van der Waals surface area (Å²) in [4.78, 5) is 11.1. The summed E-state index contributed by atoms with van der Waals surface area (Å²) in [6.07, 6.45) is 1.26. The molecule has 0 aliphatic rings. The normalized spacial score (nSPS) is 11.2. The predicted octanol–water partition coefficient (Wildman–Crippen LogP) is 2.35. The van der Waals surface area contributed by atoms with Crippen molar-refractivity contribution in [1.29, 1.82) is 0 Å². The van der Waals surface area contributed by atoms with E-state index in [1.54, 1.807) is 6.92 Å². The number of rotatable bonds is 3. The summed E-state index contributed by atoms with van der Waals surface area (Å²) in [5.41, 5.74) is 6.71. The van der Waals surface area contributed by atoms with Gasteiger partial charge in [-0.15, -0.1) is 0 Å². The molecule has 15 heavy (non-hydrogen) atoms. The highest BCUT2D eigenvalue weighted by Gasteiger charge is 1.99. The first kappa shape index (κ1) is 11.8. The molecule has 1 rings (SSSR count). The van der Waals surface area contributed by atoms with Crippen molar-refractivity contribution in [2.75, 3.05) is 0 Å². The van der Waals surface area contributed by atoms with Gasteiger partial charge in [-0.2, -0.15) is 0 Å². The Morgan fingerprint density at radius 1 is 1.60 bits per heavy atom. The zero-order chi connectivity index (χ0) is 11.3. The Balaban J connectivity index is 2.51. The van der Waals surface area contributed by atoms with Crippen LogP contribution in [0, 0.1) is 0 Å². The van der Waals surface area contributed by atoms with Gasteiger partial charge in [0.2, 0.25) is 0 Å². The molecule has 0 aliphatic heterocycles. The van der Waals surface area contributed by atoms with Gasteiger partial charge < -0.3 is 10.5 Å². The third kappa shape index (κ3) is 4.65. The third-order valence-electron chi connectivity index (χ3n) is 1.62. The van der Waals surface area contributed by atoms with Crippen molar-refractivity contribution in [3.63, 3.8) is 0 Å². The van der Waals surface area contributed by atoms with Crippen LogP contribution in [-0.2, 0) is 16.1 Å². The molecule has 4 heteroatoms. The van der Waals surface area contributed by atoms with E-state index in [0.717, 1.165) is 10.0 Å². The number of nitrogens with two attached hydrogens (primary N) is 1. The van der Waals surface area contributed by atoms with Crippen molar-refractivity contribution in [3.8, 4) is 0 Å². The molecule has 0 saturated carbocycles. The lowest BCUT2D eigenvalue weighted by Gasteiger charge is -2.02. The highest BCUT2D eigenvalue weighted by Crippen LogP contribution is 2.12. The fourth-order valence-electron chi connectivity index (χ4n) is 1.01. The Morgan fingerprint density at radius 2 is 2.33 bits per heavy atom. The second-order valence-corrected chi connectivity index (χ2v) is 4.04. The second kappa shape index (κ2) is 5.56. The topological polar surface area (TPSA) is 52.3 Å². The Morgan fingerprint density at radius 3 is 2.93 bits per heavy atom. The summed E-state index contributed by atoms with van der Waals surface area (Å²) >= 11 is 3.34. The van der Waals surface area contributed by atoms with Gasteiger partial charge in [-0.1, -0.05) is 28.1 Å². The molecule has 80 valence electrons. The van der Waals surface area contributed by atoms with E-state index in [4.69, 9.17) is 10.5 Å². The average Bonchev–Trinajstić information content (AvgIpc) is 2.14. The lowest BCUT2D eigenvalue weighted by Crippen LogP contribution is -2.04. The van der Waals surface area contributed by atoms with Crippen LogP contribution in [0.1, 0.15) is 12.5 Å². The maximum absolute atomic E-state index is 11.1. The highest BCUT2D eigenvalue weighted by molar-refractivity contribution is 9.10. The lowest BCUT2D eigenvalue weighted by atomic mass is 10.2. The Kier molecular flexibility index (Phi) is 4.37. The van der Waals surface area contributed by atoms with Crippen molar-refractivity contribution in [2.45, 2.75) is 13.5 Å². The first-order valence-electron chi connectivity index (χ1n) is 4.43. The minimum absolute atomic E-state index is 0.252. The van der Waals surface area contributed by atoms with E-state index in [0.29, 0.717) is 5.70 Å². The highest BCUT2D eigenvalue weighted by atomic mass is 79.9. The quantitative estimate of drug-likeness (QED) is 0.677. The molecule has 0 fully saturated rings. The van der Waals surface area contributed by atoms with Gasteiger partial charge in [0.25, 0.3) is 0 Å². The number of benzene rings is 1. The molecule has 0 aromatic heterocycles. The smallest absolute Gasteiger partial charge is 0.332 e. The number of esters is 1. The van der Waals surface area contributed by atoms with Crippen LogP contribution in [0.2, 0.25) is 0 Å². The van der Waals surface area contributed by atoms with Crippen LogP contribution in [0.3, 0.4) is 0 Å². The molecule has 0 atom stereocenters. The van der Waals surface area contributed by atoms with Gasteiger partial charge in [0.05, 0.1) is 0 Å². The van der Waals surface area contributed by atoms with Gasteiger partial charge in [-0.05, 0) is 24.6 Å². The Hall–Kier alpha value is -1.29. The average molecular weight is 270 g/mol. The van der Waals surface area contributed by atoms with Crippen LogP contribution >= 0.6 is 15.9 Å². The zero-order valence-electron chi connectivity index (χ0n) is 8.37. The summed E-state index contributed by atoms with van der Waals surface area (Å²) in [7, 11) is 0. The lowest BCUT2D eigenvalue weighted by molar-refractivity contribution is -0.139. The standard InChI is InChI=1S/C11H12BrNO2/c1-8(13)5-11(14)15-7-9-3-2-4-10(12)6-9/h2-6H,7,13H2,1H3/b8-5-. The van der Waals surface area contributed by atoms with E-state index in [2.05, 4.69) is 15.9 Å². The third-order valence-corrected chi connectivity index (χ3v) is 2.11. The van der Waals surface area contributed by atoms with E-state index in [-0.39, 0.29) is 6.61 Å². The molecular weight excluding hydrogens is 258 g/mol. The molecule has 0 spiro atoms. The molecule has 0 amide bonds. The van der Waals surface area contributed by atoms with Crippen LogP contribution in [0.5, 0.6) is 0 Å². The van der Waals surface area contributed by atoms with Gasteiger partial charge in [0, 0.05) is 16.2 Å². The molecule has 0 saturated heterocycles. The molecule has 3 nitrogen and oxygen atoms in total. The van der Waals surface area contributed by atoms with Crippen molar-refractivity contribution in [1.82, 2.24) is 0 Å². The van der Waals surface area contributed by atoms with Gasteiger partial charge in [0.15, 0.2) is 0 Å². The second-order valence-electron chi connectivity index (χ2n) is 3.13. The number of carbonyl (C=O) groups is 1. The van der Waals surface area contributed by atoms with Crippen LogP contribution in [-0.4, -0.2) is 5.97 Å². The van der Waals surface area contributed by atoms with Crippen molar-refractivity contribution >= 4 is 21.9 Å². The van der Waals surface area contributed by atoms with Gasteiger partial charge in [-0.3, -0.25) is 0 Å². The van der Waals surface area contributed by atoms with E-state index in [1.165, 1.54) is 6.08 Å². The van der Waals surface area contributed by atoms with Crippen LogP contribution in [0.4, 0.5) is 0 Å². The molecule has 1 aromatic carbocycles. The summed E-state index contributed by atoms with van der Waals surface area (Å²) in [5, 5.41) is 0. The Bertz CT molecular complexity index is 384. The summed E-state index contributed by atoms with van der Waals surface area (Å²) in [6, 6.07) is 7.58. The SMILES string of the molecule is C/C(N)=C/C(=O)OCc1cccc(Br)c1. The summed E-state index contributed by atoms with van der Waals surface area (Å²) in [5.74, 6) is -0.421. The van der Waals surface area contributed by atoms with Crippen molar-refractivity contribution in [2.24, 2.45) is 5.73 Å². The molecule has 0 bridgehead atoms. The predicted molar refractivity (Wildman–Crippen MR) is 61.9 cm³/mol. The van der Waals surface area contributed by atoms with Crippen molar-refractivity contribution in [3.05, 3.63) is 46.1 Å². The molecular formula is C11H12BrNO2. The van der Waals surface area contributed by atoms with E-state index >= 15 is 0 Å². The molecule has 0 aliphatic carbocycles. The first-order chi connectivity index (χ1) is 7.08. The number of carbonyl (C=O) groups excluding carboxylic acids is 1. The number of halogens is 1. The molecule has 2 N–H and O–H groups in total. The number of hydrogen-bond donors (Lipinski definition) is 1. The fourth-order valence-corrected chi connectivity index (χ4v) is 1.46. The Labute approximate surface area is 97.0 Å². The molecule has 1 aromatic rings. The molecule has 0 heterocycles. The number of allylic oxidation sites excluding steroid dienone is 1. The molecule has 0 radical (unpaired) electrons. The first-order valence-corrected chi connectivity index (χ1v) is 5.22. The van der Waals surface area contributed by atoms with Gasteiger partial charge in [0.1, 0.15) is 6.61 Å². The number of ether oxygens (including phenoxy) is 1.